The van der Waals surface area contributed by atoms with Gasteiger partial charge in [-0.1, -0.05) is 30.3 Å². The van der Waals surface area contributed by atoms with Crippen molar-refractivity contribution in [3.05, 3.63) is 64.3 Å². The highest BCUT2D eigenvalue weighted by Crippen LogP contribution is 2.49. The molecule has 3 aromatic carbocycles. The molecule has 0 aliphatic heterocycles. The van der Waals surface area contributed by atoms with Gasteiger partial charge in [0.05, 0.1) is 32.2 Å². The number of fused-ring (bicyclic) bond motifs is 2. The lowest BCUT2D eigenvalue weighted by molar-refractivity contribution is 0.306. The SMILES string of the molecule is COc1c(OC)c(OC)c2c(c1O)c(=O)c1ccc(OCc3ccccc3)cc1n2C. The smallest absolute Gasteiger partial charge is 0.209 e. The van der Waals surface area contributed by atoms with Gasteiger partial charge < -0.3 is 28.6 Å². The van der Waals surface area contributed by atoms with Crippen LogP contribution < -0.4 is 24.4 Å². The van der Waals surface area contributed by atoms with Crippen molar-refractivity contribution in [2.24, 2.45) is 7.05 Å². The number of benzene rings is 3. The van der Waals surface area contributed by atoms with Gasteiger partial charge in [-0.15, -0.1) is 0 Å². The summed E-state index contributed by atoms with van der Waals surface area (Å²) >= 11 is 0. The molecule has 0 atom stereocenters. The van der Waals surface area contributed by atoms with Crippen LogP contribution in [-0.2, 0) is 13.7 Å². The first-order valence-electron chi connectivity index (χ1n) is 9.65. The molecule has 1 heterocycles. The summed E-state index contributed by atoms with van der Waals surface area (Å²) in [6.45, 7) is 0.406. The molecule has 160 valence electrons. The summed E-state index contributed by atoms with van der Waals surface area (Å²) in [5, 5.41) is 11.3. The number of phenols is 1. The number of methoxy groups -OCH3 is 3. The second kappa shape index (κ2) is 8.10. The third-order valence-corrected chi connectivity index (χ3v) is 5.31. The number of aromatic nitrogens is 1. The molecule has 7 nitrogen and oxygen atoms in total. The zero-order chi connectivity index (χ0) is 22.1. The van der Waals surface area contributed by atoms with E-state index in [1.807, 2.05) is 30.3 Å². The molecule has 0 fully saturated rings. The Balaban J connectivity index is 1.95. The third kappa shape index (κ3) is 3.28. The van der Waals surface area contributed by atoms with Gasteiger partial charge in [-0.2, -0.15) is 0 Å². The van der Waals surface area contributed by atoms with E-state index in [0.717, 1.165) is 5.56 Å². The van der Waals surface area contributed by atoms with Gasteiger partial charge in [0, 0.05) is 18.5 Å². The second-order valence-corrected chi connectivity index (χ2v) is 7.01. The van der Waals surface area contributed by atoms with E-state index < -0.39 is 0 Å². The van der Waals surface area contributed by atoms with Gasteiger partial charge in [0.15, 0.2) is 11.5 Å². The van der Waals surface area contributed by atoms with Gasteiger partial charge in [0.2, 0.25) is 16.9 Å². The van der Waals surface area contributed by atoms with Crippen LogP contribution in [0.1, 0.15) is 5.56 Å². The lowest BCUT2D eigenvalue weighted by Crippen LogP contribution is -2.12. The second-order valence-electron chi connectivity index (χ2n) is 7.01. The van der Waals surface area contributed by atoms with Crippen molar-refractivity contribution in [3.8, 4) is 28.7 Å². The summed E-state index contributed by atoms with van der Waals surface area (Å²) < 4.78 is 24.0. The number of aromatic hydroxyl groups is 1. The summed E-state index contributed by atoms with van der Waals surface area (Å²) in [5.41, 5.74) is 1.73. The van der Waals surface area contributed by atoms with E-state index >= 15 is 0 Å². The molecule has 7 heteroatoms. The van der Waals surface area contributed by atoms with Crippen molar-refractivity contribution in [1.29, 1.82) is 0 Å². The largest absolute Gasteiger partial charge is 0.504 e. The Kier molecular flexibility index (Phi) is 5.33. The minimum atomic E-state index is -0.338. The molecular formula is C24H23NO6. The first-order chi connectivity index (χ1) is 15.0. The number of ether oxygens (including phenoxy) is 4. The maximum atomic E-state index is 13.3. The van der Waals surface area contributed by atoms with E-state index in [1.165, 1.54) is 21.3 Å². The quantitative estimate of drug-likeness (QED) is 0.474. The normalized spacial score (nSPS) is 11.0. The van der Waals surface area contributed by atoms with Crippen molar-refractivity contribution >= 4 is 21.8 Å². The maximum absolute atomic E-state index is 13.3. The van der Waals surface area contributed by atoms with Crippen LogP contribution >= 0.6 is 0 Å². The molecule has 0 aliphatic carbocycles. The third-order valence-electron chi connectivity index (χ3n) is 5.31. The highest BCUT2D eigenvalue weighted by atomic mass is 16.5. The molecule has 0 aliphatic rings. The topological polar surface area (TPSA) is 79.2 Å². The fourth-order valence-corrected chi connectivity index (χ4v) is 3.82. The van der Waals surface area contributed by atoms with Crippen LogP contribution in [0.5, 0.6) is 28.7 Å². The van der Waals surface area contributed by atoms with E-state index in [9.17, 15) is 9.90 Å². The van der Waals surface area contributed by atoms with Crippen LogP contribution in [0.4, 0.5) is 0 Å². The maximum Gasteiger partial charge on any atom is 0.209 e. The highest BCUT2D eigenvalue weighted by molar-refractivity contribution is 6.02. The Morgan fingerprint density at radius 1 is 0.903 bits per heavy atom. The molecule has 0 bridgehead atoms. The molecule has 4 aromatic rings. The fourth-order valence-electron chi connectivity index (χ4n) is 3.82. The number of nitrogens with zero attached hydrogens (tertiary/aromatic N) is 1. The lowest BCUT2D eigenvalue weighted by atomic mass is 10.1. The van der Waals surface area contributed by atoms with Crippen molar-refractivity contribution in [1.82, 2.24) is 4.57 Å². The van der Waals surface area contributed by atoms with Gasteiger partial charge in [-0.3, -0.25) is 4.79 Å². The van der Waals surface area contributed by atoms with E-state index in [-0.39, 0.29) is 28.1 Å². The monoisotopic (exact) mass is 421 g/mol. The number of rotatable bonds is 6. The van der Waals surface area contributed by atoms with E-state index in [0.29, 0.717) is 34.5 Å². The zero-order valence-electron chi connectivity index (χ0n) is 17.8. The van der Waals surface area contributed by atoms with E-state index in [1.54, 1.807) is 29.8 Å². The molecule has 4 rings (SSSR count). The zero-order valence-corrected chi connectivity index (χ0v) is 17.8. The molecular weight excluding hydrogens is 398 g/mol. The van der Waals surface area contributed by atoms with E-state index in [4.69, 9.17) is 18.9 Å². The number of hydrogen-bond acceptors (Lipinski definition) is 6. The van der Waals surface area contributed by atoms with Crippen LogP contribution in [-0.4, -0.2) is 31.0 Å². The Labute approximate surface area is 179 Å². The predicted octanol–water partition coefficient (Wildman–Crippen LogP) is 4.00. The van der Waals surface area contributed by atoms with Gasteiger partial charge in [0.1, 0.15) is 17.9 Å². The van der Waals surface area contributed by atoms with Crippen LogP contribution in [0.15, 0.2) is 53.3 Å². The lowest BCUT2D eigenvalue weighted by Gasteiger charge is -2.20. The van der Waals surface area contributed by atoms with Crippen LogP contribution in [0.2, 0.25) is 0 Å². The average Bonchev–Trinajstić information content (AvgIpc) is 2.80. The molecule has 0 saturated heterocycles. The molecule has 0 unspecified atom stereocenters. The van der Waals surface area contributed by atoms with Crippen molar-refractivity contribution in [2.45, 2.75) is 6.61 Å². The number of pyridine rings is 1. The van der Waals surface area contributed by atoms with Gasteiger partial charge in [-0.25, -0.2) is 0 Å². The summed E-state index contributed by atoms with van der Waals surface area (Å²) in [6, 6.07) is 15.1. The molecule has 31 heavy (non-hydrogen) atoms. The Hall–Kier alpha value is -3.87. The van der Waals surface area contributed by atoms with Crippen molar-refractivity contribution in [2.75, 3.05) is 21.3 Å². The molecule has 1 N–H and O–H groups in total. The molecule has 0 spiro atoms. The minimum absolute atomic E-state index is 0.0473. The van der Waals surface area contributed by atoms with Crippen LogP contribution in [0.25, 0.3) is 21.8 Å². The Bertz CT molecular complexity index is 1330. The number of hydrogen-bond donors (Lipinski definition) is 1. The summed E-state index contributed by atoms with van der Waals surface area (Å²) in [4.78, 5) is 13.3. The van der Waals surface area contributed by atoms with Crippen LogP contribution in [0, 0.1) is 0 Å². The van der Waals surface area contributed by atoms with Crippen molar-refractivity contribution in [3.63, 3.8) is 0 Å². The fraction of sp³-hybridized carbons (Fsp3) is 0.208. The Morgan fingerprint density at radius 2 is 1.58 bits per heavy atom. The van der Waals surface area contributed by atoms with Gasteiger partial charge in [-0.05, 0) is 17.7 Å². The summed E-state index contributed by atoms with van der Waals surface area (Å²) in [6.07, 6.45) is 0. The van der Waals surface area contributed by atoms with Crippen LogP contribution in [0.3, 0.4) is 0 Å². The first-order valence-corrected chi connectivity index (χ1v) is 9.65. The standard InChI is InChI=1S/C24H23NO6/c1-25-17-12-15(31-13-14-8-6-5-7-9-14)10-11-16(17)20(26)18-19(25)22(28-2)24(30-4)23(29-3)21(18)27/h5-12,27H,13H2,1-4H3. The highest BCUT2D eigenvalue weighted by Gasteiger charge is 2.26. The molecule has 0 radical (unpaired) electrons. The summed E-state index contributed by atoms with van der Waals surface area (Å²) in [7, 11) is 6.10. The van der Waals surface area contributed by atoms with Gasteiger partial charge >= 0.3 is 0 Å². The average molecular weight is 421 g/mol. The van der Waals surface area contributed by atoms with Crippen molar-refractivity contribution < 1.29 is 24.1 Å². The van der Waals surface area contributed by atoms with E-state index in [2.05, 4.69) is 0 Å². The predicted molar refractivity (Wildman–Crippen MR) is 119 cm³/mol. The minimum Gasteiger partial charge on any atom is -0.504 e. The number of aryl methyl sites for hydroxylation is 1. The number of phenolic OH excluding ortho intramolecular Hbond substituents is 1. The first kappa shape index (κ1) is 20.4. The molecule has 0 saturated carbocycles. The summed E-state index contributed by atoms with van der Waals surface area (Å²) in [5.74, 6) is 0.882. The Morgan fingerprint density at radius 3 is 2.23 bits per heavy atom. The molecule has 0 amide bonds. The van der Waals surface area contributed by atoms with Gasteiger partial charge in [0.25, 0.3) is 0 Å². The molecule has 1 aromatic heterocycles.